The highest BCUT2D eigenvalue weighted by atomic mass is 16.3. The Bertz CT molecular complexity index is 587. The zero-order valence-corrected chi connectivity index (χ0v) is 24.1. The van der Waals surface area contributed by atoms with Crippen LogP contribution in [-0.2, 0) is 4.79 Å². The molecule has 4 N–H and O–H groups in total. The molecule has 0 bridgehead atoms. The van der Waals surface area contributed by atoms with Gasteiger partial charge < -0.3 is 20.6 Å². The summed E-state index contributed by atoms with van der Waals surface area (Å²) in [7, 11) is 0. The first-order chi connectivity index (χ1) is 18.1. The smallest absolute Gasteiger partial charge is 0.220 e. The third-order valence-corrected chi connectivity index (χ3v) is 6.69. The van der Waals surface area contributed by atoms with Gasteiger partial charge in [0.1, 0.15) is 6.10 Å². The molecule has 0 aliphatic rings. The zero-order chi connectivity index (χ0) is 27.4. The van der Waals surface area contributed by atoms with Crippen molar-refractivity contribution >= 4 is 5.91 Å². The van der Waals surface area contributed by atoms with E-state index >= 15 is 0 Å². The number of nitrogens with one attached hydrogen (secondary N) is 1. The Kier molecular flexibility index (Phi) is 26.5. The monoisotopic (exact) mass is 521 g/mol. The van der Waals surface area contributed by atoms with Crippen LogP contribution in [-0.4, -0.2) is 46.1 Å². The molecule has 37 heavy (non-hydrogen) atoms. The van der Waals surface area contributed by atoms with Crippen molar-refractivity contribution in [2.75, 3.05) is 6.61 Å². The molecule has 0 fully saturated rings. The van der Waals surface area contributed by atoms with E-state index in [-0.39, 0.29) is 5.91 Å². The number of aliphatic hydroxyl groups is 3. The largest absolute Gasteiger partial charge is 0.394 e. The van der Waals surface area contributed by atoms with Gasteiger partial charge in [-0.15, -0.1) is 0 Å². The molecule has 0 aromatic heterocycles. The fourth-order valence-electron chi connectivity index (χ4n) is 4.24. The lowest BCUT2D eigenvalue weighted by Crippen LogP contribution is -2.50. The summed E-state index contributed by atoms with van der Waals surface area (Å²) in [6.45, 7) is 4.05. The van der Waals surface area contributed by atoms with Crippen LogP contribution in [0.2, 0.25) is 0 Å². The molecule has 0 aromatic carbocycles. The first-order valence-electron chi connectivity index (χ1n) is 15.3. The first kappa shape index (κ1) is 35.6. The van der Waals surface area contributed by atoms with Crippen molar-refractivity contribution in [1.82, 2.24) is 5.32 Å². The number of carbonyl (C=O) groups is 1. The highest BCUT2D eigenvalue weighted by Gasteiger charge is 2.26. The Balaban J connectivity index is 3.90. The second-order valence-corrected chi connectivity index (χ2v) is 10.3. The molecule has 3 unspecified atom stereocenters. The van der Waals surface area contributed by atoms with Gasteiger partial charge in [-0.3, -0.25) is 4.79 Å². The molecule has 5 nitrogen and oxygen atoms in total. The van der Waals surface area contributed by atoms with Crippen LogP contribution in [0.25, 0.3) is 0 Å². The minimum Gasteiger partial charge on any atom is -0.394 e. The molecule has 0 aliphatic heterocycles. The number of allylic oxidation sites excluding steroid dienone is 6. The van der Waals surface area contributed by atoms with Gasteiger partial charge in [-0.25, -0.2) is 0 Å². The van der Waals surface area contributed by atoms with Gasteiger partial charge in [-0.05, 0) is 70.6 Å². The summed E-state index contributed by atoms with van der Waals surface area (Å²) in [4.78, 5) is 12.2. The van der Waals surface area contributed by atoms with E-state index in [2.05, 4.69) is 55.6 Å². The SMILES string of the molecule is CCCCCC/C=C\CCCC(=O)NC(CO)C(O)C(O)CCC/C=C/CC/C=C/CCCCCCC. The molecule has 1 amide bonds. The van der Waals surface area contributed by atoms with Crippen molar-refractivity contribution in [2.45, 2.75) is 154 Å². The number of hydrogen-bond acceptors (Lipinski definition) is 4. The number of hydrogen-bond donors (Lipinski definition) is 4. The van der Waals surface area contributed by atoms with E-state index in [9.17, 15) is 20.1 Å². The van der Waals surface area contributed by atoms with Gasteiger partial charge in [-0.1, -0.05) is 95.2 Å². The topological polar surface area (TPSA) is 89.8 Å². The summed E-state index contributed by atoms with van der Waals surface area (Å²) in [5.41, 5.74) is 0. The molecule has 0 aromatic rings. The summed E-state index contributed by atoms with van der Waals surface area (Å²) in [6, 6.07) is -0.842. The number of unbranched alkanes of at least 4 members (excludes halogenated alkanes) is 12. The number of amides is 1. The minimum absolute atomic E-state index is 0.199. The standard InChI is InChI=1S/C32H59NO4/c1-3-5-7-9-11-13-14-15-16-17-19-20-22-24-26-30(35)32(37)29(28-34)33-31(36)27-25-23-21-18-12-10-8-6-4-2/h14-15,18-21,29-30,32,34-35,37H,3-13,16-17,22-28H2,1-2H3,(H,33,36)/b15-14+,20-19+,21-18-. The van der Waals surface area contributed by atoms with Crippen LogP contribution >= 0.6 is 0 Å². The van der Waals surface area contributed by atoms with E-state index in [1.807, 2.05) is 0 Å². The fourth-order valence-corrected chi connectivity index (χ4v) is 4.24. The average molecular weight is 522 g/mol. The predicted octanol–water partition coefficient (Wildman–Crippen LogP) is 7.31. The van der Waals surface area contributed by atoms with Gasteiger partial charge in [-0.2, -0.15) is 0 Å². The van der Waals surface area contributed by atoms with Crippen LogP contribution in [0.3, 0.4) is 0 Å². The van der Waals surface area contributed by atoms with Crippen molar-refractivity contribution in [3.8, 4) is 0 Å². The molecular formula is C32H59NO4. The Morgan fingerprint density at radius 3 is 1.65 bits per heavy atom. The van der Waals surface area contributed by atoms with Crippen molar-refractivity contribution < 1.29 is 20.1 Å². The van der Waals surface area contributed by atoms with Crippen molar-refractivity contribution in [3.05, 3.63) is 36.5 Å². The molecule has 0 rings (SSSR count). The maximum absolute atomic E-state index is 12.2. The van der Waals surface area contributed by atoms with Crippen molar-refractivity contribution in [3.63, 3.8) is 0 Å². The molecule has 0 heterocycles. The third kappa shape index (κ3) is 23.4. The molecule has 0 aliphatic carbocycles. The van der Waals surface area contributed by atoms with E-state index in [0.717, 1.165) is 44.9 Å². The quantitative estimate of drug-likeness (QED) is 0.0710. The fraction of sp³-hybridized carbons (Fsp3) is 0.781. The second kappa shape index (κ2) is 27.6. The van der Waals surface area contributed by atoms with E-state index in [0.29, 0.717) is 12.8 Å². The van der Waals surface area contributed by atoms with Gasteiger partial charge in [0, 0.05) is 6.42 Å². The highest BCUT2D eigenvalue weighted by Crippen LogP contribution is 2.11. The van der Waals surface area contributed by atoms with Crippen molar-refractivity contribution in [1.29, 1.82) is 0 Å². The zero-order valence-electron chi connectivity index (χ0n) is 24.1. The summed E-state index contributed by atoms with van der Waals surface area (Å²) >= 11 is 0. The Hall–Kier alpha value is -1.43. The number of aliphatic hydroxyl groups excluding tert-OH is 3. The van der Waals surface area contributed by atoms with E-state index < -0.39 is 24.9 Å². The van der Waals surface area contributed by atoms with Crippen molar-refractivity contribution in [2.24, 2.45) is 0 Å². The molecule has 5 heteroatoms. The molecule has 0 saturated carbocycles. The lowest BCUT2D eigenvalue weighted by molar-refractivity contribution is -0.124. The van der Waals surface area contributed by atoms with E-state index in [1.54, 1.807) is 0 Å². The summed E-state index contributed by atoms with van der Waals surface area (Å²) in [5.74, 6) is -0.199. The molecule has 0 radical (unpaired) electrons. The minimum atomic E-state index is -1.17. The first-order valence-corrected chi connectivity index (χ1v) is 15.3. The molecule has 0 spiro atoms. The lowest BCUT2D eigenvalue weighted by atomic mass is 10.0. The maximum atomic E-state index is 12.2. The third-order valence-electron chi connectivity index (χ3n) is 6.69. The van der Waals surface area contributed by atoms with E-state index in [4.69, 9.17) is 0 Å². The van der Waals surface area contributed by atoms with Crippen LogP contribution in [0, 0.1) is 0 Å². The van der Waals surface area contributed by atoms with Crippen LogP contribution in [0.5, 0.6) is 0 Å². The molecule has 3 atom stereocenters. The summed E-state index contributed by atoms with van der Waals surface area (Å²) < 4.78 is 0. The summed E-state index contributed by atoms with van der Waals surface area (Å²) in [6.07, 6.45) is 31.0. The molecule has 216 valence electrons. The number of carbonyl (C=O) groups excluding carboxylic acids is 1. The molecular weight excluding hydrogens is 462 g/mol. The maximum Gasteiger partial charge on any atom is 0.220 e. The summed E-state index contributed by atoms with van der Waals surface area (Å²) in [5, 5.41) is 33.0. The Labute approximate surface area is 228 Å². The Morgan fingerprint density at radius 1 is 0.649 bits per heavy atom. The Morgan fingerprint density at radius 2 is 1.11 bits per heavy atom. The van der Waals surface area contributed by atoms with Gasteiger partial charge in [0.2, 0.25) is 5.91 Å². The van der Waals surface area contributed by atoms with E-state index in [1.165, 1.54) is 64.2 Å². The van der Waals surface area contributed by atoms with Gasteiger partial charge in [0.05, 0.1) is 18.8 Å². The highest BCUT2D eigenvalue weighted by molar-refractivity contribution is 5.76. The average Bonchev–Trinajstić information content (AvgIpc) is 2.90. The normalized spacial score (nSPS) is 14.6. The van der Waals surface area contributed by atoms with Crippen LogP contribution in [0.4, 0.5) is 0 Å². The van der Waals surface area contributed by atoms with Crippen LogP contribution < -0.4 is 5.32 Å². The lowest BCUT2D eigenvalue weighted by Gasteiger charge is -2.26. The number of rotatable bonds is 26. The van der Waals surface area contributed by atoms with Gasteiger partial charge in [0.15, 0.2) is 0 Å². The predicted molar refractivity (Wildman–Crippen MR) is 158 cm³/mol. The van der Waals surface area contributed by atoms with Crippen LogP contribution in [0.1, 0.15) is 136 Å². The molecule has 0 saturated heterocycles. The van der Waals surface area contributed by atoms with Gasteiger partial charge in [0.25, 0.3) is 0 Å². The van der Waals surface area contributed by atoms with Gasteiger partial charge >= 0.3 is 0 Å². The van der Waals surface area contributed by atoms with Crippen LogP contribution in [0.15, 0.2) is 36.5 Å². The second-order valence-electron chi connectivity index (χ2n) is 10.3.